The van der Waals surface area contributed by atoms with Crippen LogP contribution >= 0.6 is 0 Å². The molecule has 1 saturated heterocycles. The molecule has 0 radical (unpaired) electrons. The zero-order chi connectivity index (χ0) is 18.8. The molecule has 2 rings (SSSR count). The fraction of sp³-hybridized carbons (Fsp3) is 0.579. The van der Waals surface area contributed by atoms with Gasteiger partial charge < -0.3 is 19.6 Å². The summed E-state index contributed by atoms with van der Waals surface area (Å²) in [5, 5.41) is 9.31. The van der Waals surface area contributed by atoms with Crippen LogP contribution in [0, 0.1) is 0 Å². The summed E-state index contributed by atoms with van der Waals surface area (Å²) in [5.74, 6) is -0.841. The summed E-state index contributed by atoms with van der Waals surface area (Å²) < 4.78 is 5.41. The highest BCUT2D eigenvalue weighted by Gasteiger charge is 2.30. The van der Waals surface area contributed by atoms with Crippen LogP contribution in [0.15, 0.2) is 24.3 Å². The summed E-state index contributed by atoms with van der Waals surface area (Å²) in [7, 11) is 0. The van der Waals surface area contributed by atoms with E-state index in [2.05, 4.69) is 4.90 Å². The molecule has 6 heteroatoms. The lowest BCUT2D eigenvalue weighted by Gasteiger charge is -2.37. The summed E-state index contributed by atoms with van der Waals surface area (Å²) in [4.78, 5) is 27.4. The van der Waals surface area contributed by atoms with Crippen LogP contribution in [0.1, 0.15) is 40.2 Å². The van der Waals surface area contributed by atoms with Crippen molar-refractivity contribution >= 4 is 17.7 Å². The molecule has 0 spiro atoms. The number of carbonyl (C=O) groups is 2. The van der Waals surface area contributed by atoms with E-state index < -0.39 is 17.0 Å². The van der Waals surface area contributed by atoms with Gasteiger partial charge in [-0.2, -0.15) is 0 Å². The molecule has 1 amide bonds. The van der Waals surface area contributed by atoms with Crippen molar-refractivity contribution in [2.24, 2.45) is 0 Å². The molecule has 25 heavy (non-hydrogen) atoms. The number of rotatable bonds is 3. The number of anilines is 1. The number of piperazine rings is 1. The van der Waals surface area contributed by atoms with E-state index in [1.165, 1.54) is 0 Å². The van der Waals surface area contributed by atoms with Crippen molar-refractivity contribution in [3.05, 3.63) is 29.8 Å². The Kier molecular flexibility index (Phi) is 5.30. The highest BCUT2D eigenvalue weighted by atomic mass is 16.6. The number of ether oxygens (including phenoxy) is 1. The number of amides is 1. The number of carboxylic acid groups (broad SMARTS) is 1. The maximum atomic E-state index is 12.1. The van der Waals surface area contributed by atoms with Crippen LogP contribution in [-0.2, 0) is 14.9 Å². The molecule has 1 aromatic rings. The number of hydrogen-bond donors (Lipinski definition) is 1. The lowest BCUT2D eigenvalue weighted by molar-refractivity contribution is -0.142. The third-order valence-electron chi connectivity index (χ3n) is 4.42. The van der Waals surface area contributed by atoms with Crippen molar-refractivity contribution in [1.82, 2.24) is 4.90 Å². The van der Waals surface area contributed by atoms with Crippen molar-refractivity contribution in [2.75, 3.05) is 31.1 Å². The first-order chi connectivity index (χ1) is 11.5. The van der Waals surface area contributed by atoms with Crippen LogP contribution < -0.4 is 4.90 Å². The Morgan fingerprint density at radius 3 is 1.92 bits per heavy atom. The molecule has 0 aromatic heterocycles. The average molecular weight is 348 g/mol. The van der Waals surface area contributed by atoms with Gasteiger partial charge >= 0.3 is 12.1 Å². The third-order valence-corrected chi connectivity index (χ3v) is 4.42. The van der Waals surface area contributed by atoms with E-state index in [0.717, 1.165) is 24.3 Å². The van der Waals surface area contributed by atoms with Crippen LogP contribution in [0.3, 0.4) is 0 Å². The Morgan fingerprint density at radius 1 is 0.960 bits per heavy atom. The Bertz CT molecular complexity index is 624. The van der Waals surface area contributed by atoms with Gasteiger partial charge in [-0.25, -0.2) is 4.79 Å². The maximum absolute atomic E-state index is 12.1. The second kappa shape index (κ2) is 6.94. The Morgan fingerprint density at radius 2 is 1.48 bits per heavy atom. The van der Waals surface area contributed by atoms with E-state index in [-0.39, 0.29) is 6.09 Å². The number of carbonyl (C=O) groups excluding carboxylic acids is 1. The van der Waals surface area contributed by atoms with Gasteiger partial charge in [0.05, 0.1) is 5.41 Å². The second-order valence-electron chi connectivity index (χ2n) is 7.93. The number of nitrogens with zero attached hydrogens (tertiary/aromatic N) is 2. The Labute approximate surface area is 149 Å². The van der Waals surface area contributed by atoms with Crippen LogP contribution in [0.2, 0.25) is 0 Å². The first kappa shape index (κ1) is 19.1. The van der Waals surface area contributed by atoms with E-state index in [1.807, 2.05) is 45.0 Å². The minimum absolute atomic E-state index is 0.272. The molecule has 1 aromatic carbocycles. The molecule has 0 aliphatic carbocycles. The largest absolute Gasteiger partial charge is 0.481 e. The standard InChI is InChI=1S/C19H28N2O4/c1-18(2,3)25-17(24)21-12-10-20(11-13-21)15-8-6-14(7-9-15)19(4,5)16(22)23/h6-9H,10-13H2,1-5H3,(H,22,23). The molecule has 1 N–H and O–H groups in total. The predicted molar refractivity (Wildman–Crippen MR) is 97.1 cm³/mol. The molecule has 0 bridgehead atoms. The summed E-state index contributed by atoms with van der Waals surface area (Å²) in [6.07, 6.45) is -0.272. The molecule has 138 valence electrons. The summed E-state index contributed by atoms with van der Waals surface area (Å²) in [6.45, 7) is 11.6. The molecular weight excluding hydrogens is 320 g/mol. The van der Waals surface area contributed by atoms with Crippen LogP contribution in [0.4, 0.5) is 10.5 Å². The van der Waals surface area contributed by atoms with Gasteiger partial charge in [0.25, 0.3) is 0 Å². The first-order valence-corrected chi connectivity index (χ1v) is 8.57. The Hall–Kier alpha value is -2.24. The van der Waals surface area contributed by atoms with Gasteiger partial charge in [0, 0.05) is 31.9 Å². The highest BCUT2D eigenvalue weighted by molar-refractivity contribution is 5.80. The van der Waals surface area contributed by atoms with Crippen molar-refractivity contribution < 1.29 is 19.4 Å². The van der Waals surface area contributed by atoms with Crippen LogP contribution in [-0.4, -0.2) is 53.8 Å². The fourth-order valence-electron chi connectivity index (χ4n) is 2.69. The second-order valence-corrected chi connectivity index (χ2v) is 7.93. The van der Waals surface area contributed by atoms with Crippen molar-refractivity contribution in [3.8, 4) is 0 Å². The van der Waals surface area contributed by atoms with Gasteiger partial charge in [0.1, 0.15) is 5.60 Å². The van der Waals surface area contributed by atoms with Gasteiger partial charge in [-0.1, -0.05) is 12.1 Å². The third kappa shape index (κ3) is 4.65. The molecular formula is C19H28N2O4. The highest BCUT2D eigenvalue weighted by Crippen LogP contribution is 2.26. The lowest BCUT2D eigenvalue weighted by atomic mass is 9.85. The summed E-state index contributed by atoms with van der Waals surface area (Å²) >= 11 is 0. The van der Waals surface area contributed by atoms with Crippen molar-refractivity contribution in [2.45, 2.75) is 45.6 Å². The SMILES string of the molecule is CC(C)(C)OC(=O)N1CCN(c2ccc(C(C)(C)C(=O)O)cc2)CC1. The lowest BCUT2D eigenvalue weighted by Crippen LogP contribution is -2.50. The number of carboxylic acids is 1. The normalized spacial score (nSPS) is 15.9. The summed E-state index contributed by atoms with van der Waals surface area (Å²) in [6, 6.07) is 7.62. The number of benzene rings is 1. The monoisotopic (exact) mass is 348 g/mol. The van der Waals surface area contributed by atoms with E-state index in [9.17, 15) is 14.7 Å². The van der Waals surface area contributed by atoms with Gasteiger partial charge in [-0.05, 0) is 52.3 Å². The minimum Gasteiger partial charge on any atom is -0.481 e. The van der Waals surface area contributed by atoms with Crippen molar-refractivity contribution in [3.63, 3.8) is 0 Å². The van der Waals surface area contributed by atoms with Gasteiger partial charge in [-0.3, -0.25) is 4.79 Å². The maximum Gasteiger partial charge on any atom is 0.410 e. The molecule has 6 nitrogen and oxygen atoms in total. The van der Waals surface area contributed by atoms with E-state index in [4.69, 9.17) is 4.74 Å². The number of aliphatic carboxylic acids is 1. The molecule has 0 saturated carbocycles. The molecule has 1 heterocycles. The predicted octanol–water partition coefficient (Wildman–Crippen LogP) is 3.11. The molecule has 1 aliphatic heterocycles. The van der Waals surface area contributed by atoms with Gasteiger partial charge in [0.2, 0.25) is 0 Å². The topological polar surface area (TPSA) is 70.1 Å². The van der Waals surface area contributed by atoms with E-state index in [0.29, 0.717) is 13.1 Å². The van der Waals surface area contributed by atoms with Gasteiger partial charge in [-0.15, -0.1) is 0 Å². The molecule has 1 fully saturated rings. The van der Waals surface area contributed by atoms with E-state index in [1.54, 1.807) is 18.7 Å². The average Bonchev–Trinajstić information content (AvgIpc) is 2.53. The minimum atomic E-state index is -0.909. The molecule has 0 unspecified atom stereocenters. The van der Waals surface area contributed by atoms with Crippen LogP contribution in [0.5, 0.6) is 0 Å². The zero-order valence-electron chi connectivity index (χ0n) is 15.7. The molecule has 1 aliphatic rings. The number of hydrogen-bond acceptors (Lipinski definition) is 4. The van der Waals surface area contributed by atoms with Gasteiger partial charge in [0.15, 0.2) is 0 Å². The van der Waals surface area contributed by atoms with Crippen molar-refractivity contribution in [1.29, 1.82) is 0 Å². The quantitative estimate of drug-likeness (QED) is 0.909. The fourth-order valence-corrected chi connectivity index (χ4v) is 2.69. The smallest absolute Gasteiger partial charge is 0.410 e. The first-order valence-electron chi connectivity index (χ1n) is 8.57. The Balaban J connectivity index is 1.97. The molecule has 0 atom stereocenters. The van der Waals surface area contributed by atoms with E-state index >= 15 is 0 Å². The summed E-state index contributed by atoms with van der Waals surface area (Å²) in [5.41, 5.74) is 0.416. The van der Waals surface area contributed by atoms with Crippen LogP contribution in [0.25, 0.3) is 0 Å². The zero-order valence-corrected chi connectivity index (χ0v) is 15.7.